The van der Waals surface area contributed by atoms with E-state index in [-0.39, 0.29) is 6.61 Å². The fraction of sp³-hybridized carbons (Fsp3) is 0.417. The van der Waals surface area contributed by atoms with E-state index in [1.54, 1.807) is 12.3 Å². The molecule has 2 aromatic rings. The van der Waals surface area contributed by atoms with Crippen molar-refractivity contribution in [2.45, 2.75) is 13.8 Å². The van der Waals surface area contributed by atoms with Crippen molar-refractivity contribution in [3.8, 4) is 11.4 Å². The van der Waals surface area contributed by atoms with E-state index >= 15 is 0 Å². The molecule has 0 aliphatic carbocycles. The van der Waals surface area contributed by atoms with Gasteiger partial charge in [-0.3, -0.25) is 4.68 Å². The lowest BCUT2D eigenvalue weighted by atomic mass is 10.2. The second-order valence-corrected chi connectivity index (χ2v) is 4.09. The molecular formula is C12H17N5O. The van der Waals surface area contributed by atoms with Crippen molar-refractivity contribution in [1.29, 1.82) is 0 Å². The first kappa shape index (κ1) is 12.5. The Morgan fingerprint density at radius 2 is 2.17 bits per heavy atom. The van der Waals surface area contributed by atoms with Crippen LogP contribution in [-0.4, -0.2) is 38.0 Å². The van der Waals surface area contributed by atoms with Gasteiger partial charge in [0.15, 0.2) is 5.82 Å². The molecule has 0 aliphatic heterocycles. The molecule has 96 valence electrons. The highest BCUT2D eigenvalue weighted by Crippen LogP contribution is 2.23. The van der Waals surface area contributed by atoms with E-state index in [1.807, 2.05) is 25.6 Å². The number of aliphatic hydroxyl groups is 1. The third kappa shape index (κ3) is 2.33. The average Bonchev–Trinajstić information content (AvgIpc) is 2.61. The third-order valence-corrected chi connectivity index (χ3v) is 2.81. The first-order valence-electron chi connectivity index (χ1n) is 5.82. The lowest BCUT2D eigenvalue weighted by Crippen LogP contribution is -2.07. The van der Waals surface area contributed by atoms with Crippen LogP contribution in [0.4, 0.5) is 5.82 Å². The van der Waals surface area contributed by atoms with Gasteiger partial charge in [0.2, 0.25) is 0 Å². The summed E-state index contributed by atoms with van der Waals surface area (Å²) < 4.78 is 1.82. The van der Waals surface area contributed by atoms with Crippen LogP contribution in [0.1, 0.15) is 11.4 Å². The van der Waals surface area contributed by atoms with E-state index in [0.717, 1.165) is 17.0 Å². The van der Waals surface area contributed by atoms with Crippen molar-refractivity contribution in [3.63, 3.8) is 0 Å². The Labute approximate surface area is 106 Å². The van der Waals surface area contributed by atoms with Crippen LogP contribution in [0.2, 0.25) is 0 Å². The molecule has 2 aromatic heterocycles. The highest BCUT2D eigenvalue weighted by atomic mass is 16.3. The van der Waals surface area contributed by atoms with Gasteiger partial charge in [0.25, 0.3) is 0 Å². The quantitative estimate of drug-likeness (QED) is 0.839. The number of aryl methyl sites for hydroxylation is 2. The minimum atomic E-state index is 0.0737. The van der Waals surface area contributed by atoms with Gasteiger partial charge >= 0.3 is 0 Å². The molecule has 6 nitrogen and oxygen atoms in total. The summed E-state index contributed by atoms with van der Waals surface area (Å²) in [6, 6.07) is 1.78. The van der Waals surface area contributed by atoms with E-state index in [4.69, 9.17) is 5.11 Å². The molecule has 0 amide bonds. The van der Waals surface area contributed by atoms with Crippen LogP contribution in [0.25, 0.3) is 11.4 Å². The molecule has 0 bridgehead atoms. The Hall–Kier alpha value is -1.95. The molecule has 0 fully saturated rings. The number of hydrogen-bond donors (Lipinski definition) is 2. The van der Waals surface area contributed by atoms with Gasteiger partial charge in [-0.15, -0.1) is 0 Å². The van der Waals surface area contributed by atoms with Gasteiger partial charge in [0.05, 0.1) is 17.9 Å². The van der Waals surface area contributed by atoms with Crippen LogP contribution < -0.4 is 5.32 Å². The van der Waals surface area contributed by atoms with E-state index in [9.17, 15) is 0 Å². The van der Waals surface area contributed by atoms with E-state index in [2.05, 4.69) is 20.4 Å². The summed E-state index contributed by atoms with van der Waals surface area (Å²) in [6.45, 7) is 4.48. The summed E-state index contributed by atoms with van der Waals surface area (Å²) in [6.07, 6.45) is 1.70. The summed E-state index contributed by atoms with van der Waals surface area (Å²) in [5.41, 5.74) is 2.91. The second-order valence-electron chi connectivity index (χ2n) is 4.09. The summed E-state index contributed by atoms with van der Waals surface area (Å²) in [5.74, 6) is 1.36. The predicted octanol–water partition coefficient (Wildman–Crippen LogP) is 0.898. The van der Waals surface area contributed by atoms with Gasteiger partial charge in [0.1, 0.15) is 5.82 Å². The van der Waals surface area contributed by atoms with Crippen LogP contribution in [0.15, 0.2) is 12.3 Å². The molecule has 2 rings (SSSR count). The zero-order valence-electron chi connectivity index (χ0n) is 10.8. The predicted molar refractivity (Wildman–Crippen MR) is 69.3 cm³/mol. The molecule has 0 spiro atoms. The van der Waals surface area contributed by atoms with Gasteiger partial charge in [0, 0.05) is 25.5 Å². The third-order valence-electron chi connectivity index (χ3n) is 2.81. The normalized spacial score (nSPS) is 10.7. The number of nitrogens with one attached hydrogen (secondary N) is 1. The lowest BCUT2D eigenvalue weighted by Gasteiger charge is -2.05. The maximum atomic E-state index is 8.79. The Morgan fingerprint density at radius 1 is 1.39 bits per heavy atom. The highest BCUT2D eigenvalue weighted by molar-refractivity contribution is 5.62. The van der Waals surface area contributed by atoms with Crippen molar-refractivity contribution in [1.82, 2.24) is 19.7 Å². The smallest absolute Gasteiger partial charge is 0.165 e. The Kier molecular flexibility index (Phi) is 3.57. The summed E-state index contributed by atoms with van der Waals surface area (Å²) in [7, 11) is 1.90. The van der Waals surface area contributed by atoms with Crippen molar-refractivity contribution in [3.05, 3.63) is 23.7 Å². The Balaban J connectivity index is 2.38. The topological polar surface area (TPSA) is 75.9 Å². The van der Waals surface area contributed by atoms with Gasteiger partial charge in [-0.1, -0.05) is 0 Å². The molecule has 0 radical (unpaired) electrons. The molecule has 6 heteroatoms. The maximum Gasteiger partial charge on any atom is 0.165 e. The van der Waals surface area contributed by atoms with Crippen LogP contribution >= 0.6 is 0 Å². The zero-order chi connectivity index (χ0) is 13.1. The maximum absolute atomic E-state index is 8.79. The largest absolute Gasteiger partial charge is 0.395 e. The zero-order valence-corrected chi connectivity index (χ0v) is 10.8. The van der Waals surface area contributed by atoms with Gasteiger partial charge in [-0.05, 0) is 19.9 Å². The fourth-order valence-corrected chi connectivity index (χ4v) is 1.86. The van der Waals surface area contributed by atoms with Crippen LogP contribution in [0.3, 0.4) is 0 Å². The van der Waals surface area contributed by atoms with Crippen molar-refractivity contribution >= 4 is 5.82 Å². The molecule has 0 aromatic carbocycles. The van der Waals surface area contributed by atoms with Crippen LogP contribution in [0.5, 0.6) is 0 Å². The second kappa shape index (κ2) is 5.14. The molecular weight excluding hydrogens is 230 g/mol. The molecule has 2 heterocycles. The number of hydrogen-bond acceptors (Lipinski definition) is 5. The lowest BCUT2D eigenvalue weighted by molar-refractivity contribution is 0.311. The first-order valence-corrected chi connectivity index (χ1v) is 5.82. The van der Waals surface area contributed by atoms with Crippen LogP contribution in [-0.2, 0) is 7.05 Å². The fourth-order valence-electron chi connectivity index (χ4n) is 1.86. The summed E-state index contributed by atoms with van der Waals surface area (Å²) in [4.78, 5) is 8.71. The number of anilines is 1. The Bertz CT molecular complexity index is 549. The van der Waals surface area contributed by atoms with Crippen molar-refractivity contribution in [2.24, 2.45) is 7.05 Å². The van der Waals surface area contributed by atoms with E-state index in [1.165, 1.54) is 0 Å². The number of rotatable bonds is 4. The van der Waals surface area contributed by atoms with Gasteiger partial charge in [-0.2, -0.15) is 5.10 Å². The summed E-state index contributed by atoms with van der Waals surface area (Å²) in [5, 5.41) is 16.2. The molecule has 0 aliphatic rings. The average molecular weight is 247 g/mol. The molecule has 2 N–H and O–H groups in total. The molecule has 0 saturated heterocycles. The standard InChI is InChI=1S/C12H17N5O/c1-8-11(9(2)17(3)16-8)12-14-5-4-10(15-12)13-6-7-18/h4-5,18H,6-7H2,1-3H3,(H,13,14,15). The highest BCUT2D eigenvalue weighted by Gasteiger charge is 2.14. The van der Waals surface area contributed by atoms with Crippen molar-refractivity contribution < 1.29 is 5.11 Å². The number of aromatic nitrogens is 4. The minimum absolute atomic E-state index is 0.0737. The summed E-state index contributed by atoms with van der Waals surface area (Å²) >= 11 is 0. The first-order chi connectivity index (χ1) is 8.63. The Morgan fingerprint density at radius 3 is 2.78 bits per heavy atom. The van der Waals surface area contributed by atoms with Crippen molar-refractivity contribution in [2.75, 3.05) is 18.5 Å². The molecule has 18 heavy (non-hydrogen) atoms. The van der Waals surface area contributed by atoms with E-state index < -0.39 is 0 Å². The molecule has 0 saturated carbocycles. The minimum Gasteiger partial charge on any atom is -0.395 e. The van der Waals surface area contributed by atoms with Gasteiger partial charge < -0.3 is 10.4 Å². The SMILES string of the molecule is Cc1nn(C)c(C)c1-c1nccc(NCCO)n1. The molecule has 0 unspecified atom stereocenters. The monoisotopic (exact) mass is 247 g/mol. The van der Waals surface area contributed by atoms with Crippen LogP contribution in [0, 0.1) is 13.8 Å². The number of nitrogens with zero attached hydrogens (tertiary/aromatic N) is 4. The molecule has 0 atom stereocenters. The van der Waals surface area contributed by atoms with E-state index in [0.29, 0.717) is 18.2 Å². The number of aliphatic hydroxyl groups excluding tert-OH is 1. The van der Waals surface area contributed by atoms with Gasteiger partial charge in [-0.25, -0.2) is 9.97 Å².